The van der Waals surface area contributed by atoms with Gasteiger partial charge in [0.2, 0.25) is 0 Å². The lowest BCUT2D eigenvalue weighted by molar-refractivity contribution is 0.0601. The first-order valence-corrected chi connectivity index (χ1v) is 9.54. The summed E-state index contributed by atoms with van der Waals surface area (Å²) in [6.45, 7) is 1.61. The SMILES string of the molecule is COC(=O)c1sc(NC(=O)c2ccc(-c3ccccc3)cc2)c(C(=O)OC)c1C. The summed E-state index contributed by atoms with van der Waals surface area (Å²) in [4.78, 5) is 37.1. The number of carbonyl (C=O) groups is 3. The molecule has 0 atom stereocenters. The highest BCUT2D eigenvalue weighted by Crippen LogP contribution is 2.34. The first-order valence-electron chi connectivity index (χ1n) is 8.73. The van der Waals surface area contributed by atoms with Crippen molar-refractivity contribution in [2.24, 2.45) is 0 Å². The second-order valence-electron chi connectivity index (χ2n) is 6.14. The highest BCUT2D eigenvalue weighted by atomic mass is 32.1. The van der Waals surface area contributed by atoms with Crippen LogP contribution >= 0.6 is 11.3 Å². The number of thiophene rings is 1. The number of carbonyl (C=O) groups excluding carboxylic acids is 3. The van der Waals surface area contributed by atoms with Gasteiger partial charge in [-0.1, -0.05) is 42.5 Å². The number of hydrogen-bond acceptors (Lipinski definition) is 6. The van der Waals surface area contributed by atoms with Gasteiger partial charge in [-0.25, -0.2) is 9.59 Å². The van der Waals surface area contributed by atoms with Gasteiger partial charge in [0.1, 0.15) is 9.88 Å². The molecule has 0 aliphatic carbocycles. The van der Waals surface area contributed by atoms with E-state index in [1.807, 2.05) is 42.5 Å². The summed E-state index contributed by atoms with van der Waals surface area (Å²) < 4.78 is 9.55. The molecule has 0 unspecified atom stereocenters. The van der Waals surface area contributed by atoms with Gasteiger partial charge in [-0.15, -0.1) is 11.3 Å². The van der Waals surface area contributed by atoms with Crippen molar-refractivity contribution in [2.45, 2.75) is 6.92 Å². The molecule has 148 valence electrons. The minimum atomic E-state index is -0.636. The first-order chi connectivity index (χ1) is 14.0. The van der Waals surface area contributed by atoms with E-state index in [1.165, 1.54) is 14.2 Å². The zero-order valence-electron chi connectivity index (χ0n) is 16.1. The van der Waals surface area contributed by atoms with E-state index in [4.69, 9.17) is 9.47 Å². The number of methoxy groups -OCH3 is 2. The zero-order chi connectivity index (χ0) is 21.0. The predicted octanol–water partition coefficient (Wildman–Crippen LogP) is 4.55. The Labute approximate surface area is 172 Å². The lowest BCUT2D eigenvalue weighted by Gasteiger charge is -2.07. The van der Waals surface area contributed by atoms with Crippen molar-refractivity contribution in [3.05, 3.63) is 76.2 Å². The van der Waals surface area contributed by atoms with E-state index < -0.39 is 17.8 Å². The van der Waals surface area contributed by atoms with E-state index in [-0.39, 0.29) is 15.4 Å². The van der Waals surface area contributed by atoms with Crippen LogP contribution in [0.15, 0.2) is 54.6 Å². The molecule has 6 nitrogen and oxygen atoms in total. The minimum absolute atomic E-state index is 0.146. The number of hydrogen-bond donors (Lipinski definition) is 1. The molecule has 0 bridgehead atoms. The van der Waals surface area contributed by atoms with E-state index in [1.54, 1.807) is 19.1 Å². The standard InChI is InChI=1S/C22H19NO5S/c1-13-17(21(25)27-2)20(29-18(13)22(26)28-3)23-19(24)16-11-9-15(10-12-16)14-7-5-4-6-8-14/h4-12H,1-3H3,(H,23,24). The van der Waals surface area contributed by atoms with Crippen LogP contribution in [0.2, 0.25) is 0 Å². The van der Waals surface area contributed by atoms with E-state index in [2.05, 4.69) is 5.32 Å². The van der Waals surface area contributed by atoms with Crippen molar-refractivity contribution in [3.63, 3.8) is 0 Å². The molecule has 1 heterocycles. The minimum Gasteiger partial charge on any atom is -0.465 e. The topological polar surface area (TPSA) is 81.7 Å². The quantitative estimate of drug-likeness (QED) is 0.625. The molecule has 0 aliphatic rings. The van der Waals surface area contributed by atoms with E-state index in [0.717, 1.165) is 22.5 Å². The molecule has 0 fully saturated rings. The van der Waals surface area contributed by atoms with Gasteiger partial charge >= 0.3 is 11.9 Å². The van der Waals surface area contributed by atoms with Gasteiger partial charge in [0.05, 0.1) is 19.8 Å². The fraction of sp³-hybridized carbons (Fsp3) is 0.136. The molecule has 7 heteroatoms. The molecule has 3 rings (SSSR count). The molecule has 0 aliphatic heterocycles. The third-order valence-electron chi connectivity index (χ3n) is 4.39. The van der Waals surface area contributed by atoms with Crippen molar-refractivity contribution in [3.8, 4) is 11.1 Å². The fourth-order valence-electron chi connectivity index (χ4n) is 2.86. The van der Waals surface area contributed by atoms with Crippen LogP contribution in [0.3, 0.4) is 0 Å². The Morgan fingerprint density at radius 1 is 0.828 bits per heavy atom. The Kier molecular flexibility index (Phi) is 6.09. The van der Waals surface area contributed by atoms with Crippen molar-refractivity contribution >= 4 is 34.2 Å². The van der Waals surface area contributed by atoms with Gasteiger partial charge in [-0.2, -0.15) is 0 Å². The lowest BCUT2D eigenvalue weighted by Crippen LogP contribution is -2.14. The monoisotopic (exact) mass is 409 g/mol. The Morgan fingerprint density at radius 3 is 2.00 bits per heavy atom. The van der Waals surface area contributed by atoms with E-state index in [9.17, 15) is 14.4 Å². The van der Waals surface area contributed by atoms with Gasteiger partial charge in [0.15, 0.2) is 0 Å². The summed E-state index contributed by atoms with van der Waals surface area (Å²) in [7, 11) is 2.50. The second-order valence-corrected chi connectivity index (χ2v) is 7.16. The van der Waals surface area contributed by atoms with Crippen LogP contribution in [-0.4, -0.2) is 32.1 Å². The maximum Gasteiger partial charge on any atom is 0.348 e. The zero-order valence-corrected chi connectivity index (χ0v) is 17.0. The summed E-state index contributed by atoms with van der Waals surface area (Å²) in [5.74, 6) is -1.61. The van der Waals surface area contributed by atoms with Crippen molar-refractivity contribution in [1.29, 1.82) is 0 Å². The molecule has 1 aromatic heterocycles. The number of benzene rings is 2. The molecular weight excluding hydrogens is 390 g/mol. The number of nitrogens with one attached hydrogen (secondary N) is 1. The average Bonchev–Trinajstić information content (AvgIpc) is 3.09. The average molecular weight is 409 g/mol. The molecule has 2 aromatic carbocycles. The molecule has 29 heavy (non-hydrogen) atoms. The fourth-order valence-corrected chi connectivity index (χ4v) is 3.96. The van der Waals surface area contributed by atoms with Crippen LogP contribution in [-0.2, 0) is 9.47 Å². The third-order valence-corrected chi connectivity index (χ3v) is 5.58. The highest BCUT2D eigenvalue weighted by molar-refractivity contribution is 7.18. The largest absolute Gasteiger partial charge is 0.465 e. The van der Waals surface area contributed by atoms with Crippen molar-refractivity contribution in [2.75, 3.05) is 19.5 Å². The van der Waals surface area contributed by atoms with Gasteiger partial charge in [0, 0.05) is 5.56 Å². The summed E-state index contributed by atoms with van der Waals surface area (Å²) in [6.07, 6.45) is 0. The van der Waals surface area contributed by atoms with Crippen molar-refractivity contribution < 1.29 is 23.9 Å². The summed E-state index contributed by atoms with van der Waals surface area (Å²) >= 11 is 0.978. The Bertz CT molecular complexity index is 1050. The van der Waals surface area contributed by atoms with Crippen LogP contribution < -0.4 is 5.32 Å². The normalized spacial score (nSPS) is 10.3. The highest BCUT2D eigenvalue weighted by Gasteiger charge is 2.27. The maximum atomic E-state index is 12.7. The molecule has 0 saturated heterocycles. The van der Waals surface area contributed by atoms with Crippen molar-refractivity contribution in [1.82, 2.24) is 0 Å². The van der Waals surface area contributed by atoms with Crippen LogP contribution in [0.25, 0.3) is 11.1 Å². The maximum absolute atomic E-state index is 12.7. The summed E-state index contributed by atoms with van der Waals surface area (Å²) in [5.41, 5.74) is 3.00. The van der Waals surface area contributed by atoms with E-state index >= 15 is 0 Å². The molecule has 0 radical (unpaired) electrons. The predicted molar refractivity (Wildman–Crippen MR) is 112 cm³/mol. The van der Waals surface area contributed by atoms with Gasteiger partial charge in [0.25, 0.3) is 5.91 Å². The Balaban J connectivity index is 1.88. The Morgan fingerprint density at radius 2 is 1.41 bits per heavy atom. The number of anilines is 1. The molecule has 1 N–H and O–H groups in total. The van der Waals surface area contributed by atoms with Crippen LogP contribution in [0.1, 0.15) is 36.0 Å². The molecule has 3 aromatic rings. The van der Waals surface area contributed by atoms with Gasteiger partial charge in [-0.3, -0.25) is 4.79 Å². The van der Waals surface area contributed by atoms with Gasteiger partial charge in [-0.05, 0) is 35.7 Å². The van der Waals surface area contributed by atoms with Crippen LogP contribution in [0, 0.1) is 6.92 Å². The number of rotatable bonds is 5. The smallest absolute Gasteiger partial charge is 0.348 e. The summed E-state index contributed by atoms with van der Waals surface area (Å²) in [6, 6.07) is 16.9. The molecular formula is C22H19NO5S. The molecule has 1 amide bonds. The molecule has 0 saturated carbocycles. The number of esters is 2. The Hall–Kier alpha value is -3.45. The lowest BCUT2D eigenvalue weighted by atomic mass is 10.0. The first kappa shape index (κ1) is 20.3. The second kappa shape index (κ2) is 8.70. The summed E-state index contributed by atoms with van der Waals surface area (Å²) in [5, 5.41) is 2.95. The van der Waals surface area contributed by atoms with Crippen LogP contribution in [0.4, 0.5) is 5.00 Å². The number of ether oxygens (including phenoxy) is 2. The van der Waals surface area contributed by atoms with E-state index in [0.29, 0.717) is 11.1 Å². The molecule has 0 spiro atoms. The van der Waals surface area contributed by atoms with Gasteiger partial charge < -0.3 is 14.8 Å². The third kappa shape index (κ3) is 4.20. The van der Waals surface area contributed by atoms with Crippen LogP contribution in [0.5, 0.6) is 0 Å². The number of amides is 1.